The first kappa shape index (κ1) is 17.8. The predicted molar refractivity (Wildman–Crippen MR) is 111 cm³/mol. The van der Waals surface area contributed by atoms with E-state index >= 15 is 0 Å². The van der Waals surface area contributed by atoms with Crippen LogP contribution in [0.25, 0.3) is 0 Å². The highest BCUT2D eigenvalue weighted by molar-refractivity contribution is 7.15. The number of rotatable bonds is 6. The SMILES string of the molecule is Cc1ncc(NC(=O)c2csc(C3CC3NC3CCN(C4CC4)CC3)c2)s1. The molecule has 1 saturated heterocycles. The molecule has 2 aromatic rings. The van der Waals surface area contributed by atoms with Crippen LogP contribution in [-0.4, -0.2) is 47.0 Å². The number of thiophene rings is 1. The molecule has 144 valence electrons. The Morgan fingerprint density at radius 2 is 2.07 bits per heavy atom. The standard InChI is InChI=1S/C20H26N4OS2/c1-12-21-10-19(27-12)23-20(25)13-8-18(26-11-13)16-9-17(16)22-14-4-6-24(7-5-14)15-2-3-15/h8,10-11,14-17,22H,2-7,9H2,1H3,(H,23,25). The molecule has 3 heterocycles. The molecule has 2 aliphatic carbocycles. The number of nitrogens with zero attached hydrogens (tertiary/aromatic N) is 2. The number of carbonyl (C=O) groups is 1. The maximum absolute atomic E-state index is 12.4. The number of aromatic nitrogens is 1. The van der Waals surface area contributed by atoms with Gasteiger partial charge in [0.05, 0.1) is 16.8 Å². The summed E-state index contributed by atoms with van der Waals surface area (Å²) in [6, 6.07) is 4.26. The van der Waals surface area contributed by atoms with Gasteiger partial charge in [0.15, 0.2) is 0 Å². The van der Waals surface area contributed by atoms with E-state index in [1.807, 2.05) is 12.3 Å². The van der Waals surface area contributed by atoms with Gasteiger partial charge in [-0.2, -0.15) is 0 Å². The van der Waals surface area contributed by atoms with Gasteiger partial charge in [-0.3, -0.25) is 4.79 Å². The summed E-state index contributed by atoms with van der Waals surface area (Å²) < 4.78 is 0. The second-order valence-corrected chi connectivity index (χ2v) is 10.3. The quantitative estimate of drug-likeness (QED) is 0.771. The van der Waals surface area contributed by atoms with Crippen molar-refractivity contribution in [2.45, 2.75) is 63.1 Å². The van der Waals surface area contributed by atoms with Crippen LogP contribution in [0.4, 0.5) is 5.00 Å². The van der Waals surface area contributed by atoms with Crippen molar-refractivity contribution in [2.75, 3.05) is 18.4 Å². The van der Waals surface area contributed by atoms with Crippen molar-refractivity contribution in [1.29, 1.82) is 0 Å². The average Bonchev–Trinajstić information content (AvgIpc) is 3.56. The van der Waals surface area contributed by atoms with Gasteiger partial charge in [0, 0.05) is 34.3 Å². The summed E-state index contributed by atoms with van der Waals surface area (Å²) in [5.41, 5.74) is 0.768. The number of hydrogen-bond acceptors (Lipinski definition) is 6. The number of hydrogen-bond donors (Lipinski definition) is 2. The maximum Gasteiger partial charge on any atom is 0.257 e. The van der Waals surface area contributed by atoms with Crippen molar-refractivity contribution in [1.82, 2.24) is 15.2 Å². The summed E-state index contributed by atoms with van der Waals surface area (Å²) in [7, 11) is 0. The molecule has 0 aromatic carbocycles. The number of carbonyl (C=O) groups excluding carboxylic acids is 1. The Kier molecular flexibility index (Phi) is 4.80. The fourth-order valence-electron chi connectivity index (χ4n) is 4.14. The summed E-state index contributed by atoms with van der Waals surface area (Å²) in [6.45, 7) is 4.47. The predicted octanol–water partition coefficient (Wildman–Crippen LogP) is 3.84. The number of thiazole rings is 1. The van der Waals surface area contributed by atoms with Gasteiger partial charge in [0.25, 0.3) is 5.91 Å². The summed E-state index contributed by atoms with van der Waals surface area (Å²) in [6.07, 6.45) is 8.33. The first-order valence-electron chi connectivity index (χ1n) is 9.98. The number of nitrogens with one attached hydrogen (secondary N) is 2. The molecule has 0 radical (unpaired) electrons. The minimum absolute atomic E-state index is 0.0289. The van der Waals surface area contributed by atoms with E-state index in [9.17, 15) is 4.79 Å². The molecule has 3 aliphatic rings. The zero-order valence-corrected chi connectivity index (χ0v) is 17.2. The highest BCUT2D eigenvalue weighted by Crippen LogP contribution is 2.44. The lowest BCUT2D eigenvalue weighted by atomic mass is 10.0. The highest BCUT2D eigenvalue weighted by atomic mass is 32.1. The third kappa shape index (κ3) is 4.11. The van der Waals surface area contributed by atoms with Crippen LogP contribution < -0.4 is 10.6 Å². The number of anilines is 1. The molecule has 5 rings (SSSR count). The smallest absolute Gasteiger partial charge is 0.257 e. The molecule has 2 unspecified atom stereocenters. The largest absolute Gasteiger partial charge is 0.312 e. The Labute approximate surface area is 168 Å². The van der Waals surface area contributed by atoms with Crippen LogP contribution in [0.5, 0.6) is 0 Å². The Balaban J connectivity index is 1.12. The number of amides is 1. The molecular formula is C20H26N4OS2. The van der Waals surface area contributed by atoms with Crippen molar-refractivity contribution in [3.8, 4) is 0 Å². The fourth-order valence-corrected chi connectivity index (χ4v) is 5.88. The minimum Gasteiger partial charge on any atom is -0.312 e. The van der Waals surface area contributed by atoms with Crippen molar-refractivity contribution >= 4 is 33.6 Å². The van der Waals surface area contributed by atoms with Gasteiger partial charge in [-0.15, -0.1) is 22.7 Å². The van der Waals surface area contributed by atoms with E-state index in [2.05, 4.69) is 26.6 Å². The van der Waals surface area contributed by atoms with Crippen LogP contribution in [-0.2, 0) is 0 Å². The summed E-state index contributed by atoms with van der Waals surface area (Å²) in [4.78, 5) is 20.6. The van der Waals surface area contributed by atoms with Crippen LogP contribution in [0, 0.1) is 6.92 Å². The molecule has 0 spiro atoms. The molecule has 1 amide bonds. The van der Waals surface area contributed by atoms with Crippen LogP contribution >= 0.6 is 22.7 Å². The molecule has 2 saturated carbocycles. The van der Waals surface area contributed by atoms with E-state index in [1.54, 1.807) is 17.5 Å². The van der Waals surface area contributed by atoms with Gasteiger partial charge < -0.3 is 15.5 Å². The van der Waals surface area contributed by atoms with Crippen LogP contribution in [0.1, 0.15) is 58.3 Å². The van der Waals surface area contributed by atoms with Crippen LogP contribution in [0.3, 0.4) is 0 Å². The highest BCUT2D eigenvalue weighted by Gasteiger charge is 2.41. The molecular weight excluding hydrogens is 376 g/mol. The lowest BCUT2D eigenvalue weighted by Crippen LogP contribution is -2.44. The Morgan fingerprint density at radius 3 is 2.78 bits per heavy atom. The monoisotopic (exact) mass is 402 g/mol. The Bertz CT molecular complexity index is 820. The summed E-state index contributed by atoms with van der Waals surface area (Å²) >= 11 is 3.23. The third-order valence-electron chi connectivity index (χ3n) is 5.94. The van der Waals surface area contributed by atoms with Gasteiger partial charge in [-0.05, 0) is 58.2 Å². The van der Waals surface area contributed by atoms with Gasteiger partial charge in [-0.25, -0.2) is 4.98 Å². The molecule has 7 heteroatoms. The van der Waals surface area contributed by atoms with Gasteiger partial charge in [0.2, 0.25) is 0 Å². The average molecular weight is 403 g/mol. The van der Waals surface area contributed by atoms with Gasteiger partial charge in [-0.1, -0.05) is 0 Å². The first-order valence-corrected chi connectivity index (χ1v) is 11.7. The van der Waals surface area contributed by atoms with E-state index in [-0.39, 0.29) is 5.91 Å². The fraction of sp³-hybridized carbons (Fsp3) is 0.600. The number of piperidine rings is 1. The Morgan fingerprint density at radius 1 is 1.26 bits per heavy atom. The molecule has 3 fully saturated rings. The molecule has 2 aromatic heterocycles. The van der Waals surface area contributed by atoms with Crippen molar-refractivity contribution < 1.29 is 4.79 Å². The number of aryl methyl sites for hydroxylation is 1. The lowest BCUT2D eigenvalue weighted by Gasteiger charge is -2.32. The van der Waals surface area contributed by atoms with E-state index in [0.29, 0.717) is 18.0 Å². The zero-order valence-electron chi connectivity index (χ0n) is 15.6. The third-order valence-corrected chi connectivity index (χ3v) is 7.83. The molecule has 5 nitrogen and oxygen atoms in total. The summed E-state index contributed by atoms with van der Waals surface area (Å²) in [5, 5.41) is 10.6. The normalized spacial score (nSPS) is 26.3. The van der Waals surface area contributed by atoms with Gasteiger partial charge in [0.1, 0.15) is 5.00 Å². The van der Waals surface area contributed by atoms with Crippen molar-refractivity contribution in [3.05, 3.63) is 33.1 Å². The second-order valence-electron chi connectivity index (χ2n) is 8.09. The zero-order chi connectivity index (χ0) is 18.4. The molecule has 2 N–H and O–H groups in total. The summed E-state index contributed by atoms with van der Waals surface area (Å²) in [5.74, 6) is 0.558. The molecule has 27 heavy (non-hydrogen) atoms. The maximum atomic E-state index is 12.4. The van der Waals surface area contributed by atoms with E-state index < -0.39 is 0 Å². The topological polar surface area (TPSA) is 57.3 Å². The van der Waals surface area contributed by atoms with E-state index in [1.165, 1.54) is 61.4 Å². The minimum atomic E-state index is -0.0289. The first-order chi connectivity index (χ1) is 13.2. The van der Waals surface area contributed by atoms with Gasteiger partial charge >= 0.3 is 0 Å². The Hall–Kier alpha value is -1.28. The molecule has 1 aliphatic heterocycles. The van der Waals surface area contributed by atoms with Crippen molar-refractivity contribution in [3.63, 3.8) is 0 Å². The van der Waals surface area contributed by atoms with Crippen LogP contribution in [0.2, 0.25) is 0 Å². The van der Waals surface area contributed by atoms with E-state index in [4.69, 9.17) is 0 Å². The number of likely N-dealkylation sites (tertiary alicyclic amines) is 1. The molecule has 0 bridgehead atoms. The lowest BCUT2D eigenvalue weighted by molar-refractivity contribution is 0.102. The van der Waals surface area contributed by atoms with Crippen molar-refractivity contribution in [2.24, 2.45) is 0 Å². The second kappa shape index (κ2) is 7.28. The van der Waals surface area contributed by atoms with Crippen LogP contribution in [0.15, 0.2) is 17.6 Å². The van der Waals surface area contributed by atoms with E-state index in [0.717, 1.165) is 21.6 Å². The molecule has 2 atom stereocenters.